The normalized spacial score (nSPS) is 30.1. The van der Waals surface area contributed by atoms with Gasteiger partial charge in [-0.1, -0.05) is 20.3 Å². The molecule has 1 aliphatic carbocycles. The summed E-state index contributed by atoms with van der Waals surface area (Å²) in [7, 11) is 0. The Morgan fingerprint density at radius 1 is 1.12 bits per heavy atom. The van der Waals surface area contributed by atoms with E-state index in [2.05, 4.69) is 18.8 Å². The summed E-state index contributed by atoms with van der Waals surface area (Å²) < 4.78 is 0. The highest BCUT2D eigenvalue weighted by Gasteiger charge is 2.25. The summed E-state index contributed by atoms with van der Waals surface area (Å²) in [5, 5.41) is 0. The van der Waals surface area contributed by atoms with Crippen molar-refractivity contribution in [3.05, 3.63) is 0 Å². The van der Waals surface area contributed by atoms with Crippen LogP contribution in [0.25, 0.3) is 0 Å². The Labute approximate surface area is 99.3 Å². The van der Waals surface area contributed by atoms with Crippen LogP contribution in [0.3, 0.4) is 0 Å². The molecule has 0 aromatic carbocycles. The lowest BCUT2D eigenvalue weighted by molar-refractivity contribution is 0.314. The molecule has 2 nitrogen and oxygen atoms in total. The molecule has 0 aromatic rings. The van der Waals surface area contributed by atoms with Gasteiger partial charge in [-0.3, -0.25) is 4.99 Å². The zero-order valence-electron chi connectivity index (χ0n) is 10.7. The monoisotopic (exact) mass is 220 g/mol. The van der Waals surface area contributed by atoms with E-state index in [1.807, 2.05) is 0 Å². The van der Waals surface area contributed by atoms with Gasteiger partial charge in [-0.25, -0.2) is 4.99 Å². The van der Waals surface area contributed by atoms with Crippen LogP contribution in [-0.4, -0.2) is 18.1 Å². The molecule has 90 valence electrons. The first-order valence-electron chi connectivity index (χ1n) is 6.94. The highest BCUT2D eigenvalue weighted by Crippen LogP contribution is 2.32. The van der Waals surface area contributed by atoms with Crippen molar-refractivity contribution in [1.29, 1.82) is 0 Å². The van der Waals surface area contributed by atoms with Crippen LogP contribution in [0.1, 0.15) is 58.8 Å². The van der Waals surface area contributed by atoms with Crippen LogP contribution >= 0.6 is 0 Å². The second-order valence-electron chi connectivity index (χ2n) is 5.21. The number of amidine groups is 1. The lowest BCUT2D eigenvalue weighted by Crippen LogP contribution is -2.22. The molecule has 0 aromatic heterocycles. The minimum absolute atomic E-state index is 0.751. The quantitative estimate of drug-likeness (QED) is 0.687. The summed E-state index contributed by atoms with van der Waals surface area (Å²) in [6.07, 6.45) is 9.11. The van der Waals surface area contributed by atoms with Crippen LogP contribution in [-0.2, 0) is 0 Å². The van der Waals surface area contributed by atoms with Gasteiger partial charge in [-0.15, -0.1) is 0 Å². The topological polar surface area (TPSA) is 24.7 Å². The third kappa shape index (κ3) is 2.72. The molecule has 2 heteroatoms. The third-order valence-corrected chi connectivity index (χ3v) is 4.07. The summed E-state index contributed by atoms with van der Waals surface area (Å²) >= 11 is 0. The molecule has 0 atom stereocenters. The van der Waals surface area contributed by atoms with Crippen LogP contribution in [0, 0.1) is 11.8 Å². The minimum Gasteiger partial charge on any atom is -0.264 e. The molecule has 2 aliphatic rings. The second kappa shape index (κ2) is 5.60. The summed E-state index contributed by atoms with van der Waals surface area (Å²) in [6, 6.07) is 0. The first-order chi connectivity index (χ1) is 7.83. The van der Waals surface area contributed by atoms with E-state index in [9.17, 15) is 0 Å². The molecule has 1 aliphatic heterocycles. The van der Waals surface area contributed by atoms with E-state index >= 15 is 0 Å². The van der Waals surface area contributed by atoms with Gasteiger partial charge in [-0.05, 0) is 43.9 Å². The fraction of sp³-hybridized carbons (Fsp3) is 0.857. The van der Waals surface area contributed by atoms with Gasteiger partial charge in [0.2, 0.25) is 0 Å². The molecule has 1 saturated carbocycles. The van der Waals surface area contributed by atoms with Crippen molar-refractivity contribution < 1.29 is 0 Å². The Bertz CT molecular complexity index is 283. The predicted octanol–water partition coefficient (Wildman–Crippen LogP) is 3.86. The van der Waals surface area contributed by atoms with Gasteiger partial charge >= 0.3 is 0 Å². The molecule has 1 fully saturated rings. The van der Waals surface area contributed by atoms with Crippen LogP contribution in [0.15, 0.2) is 9.98 Å². The fourth-order valence-corrected chi connectivity index (χ4v) is 2.89. The Hall–Kier alpha value is -0.660. The third-order valence-electron chi connectivity index (χ3n) is 4.07. The van der Waals surface area contributed by atoms with Crippen molar-refractivity contribution in [2.24, 2.45) is 21.8 Å². The van der Waals surface area contributed by atoms with E-state index in [-0.39, 0.29) is 0 Å². The van der Waals surface area contributed by atoms with Crippen molar-refractivity contribution in [2.75, 3.05) is 6.54 Å². The lowest BCUT2D eigenvalue weighted by Gasteiger charge is -2.27. The van der Waals surface area contributed by atoms with Gasteiger partial charge in [0.15, 0.2) is 0 Å². The minimum atomic E-state index is 0.751. The van der Waals surface area contributed by atoms with Crippen LogP contribution < -0.4 is 0 Å². The summed E-state index contributed by atoms with van der Waals surface area (Å²) in [6.45, 7) is 5.42. The van der Waals surface area contributed by atoms with Crippen molar-refractivity contribution in [3.63, 3.8) is 0 Å². The fourth-order valence-electron chi connectivity index (χ4n) is 2.89. The SMILES string of the molecule is CCCC1=NCC(C2CCC(CC)CC2)=N1. The molecule has 0 unspecified atom stereocenters. The molecule has 0 radical (unpaired) electrons. The van der Waals surface area contributed by atoms with Crippen molar-refractivity contribution in [2.45, 2.75) is 58.8 Å². The van der Waals surface area contributed by atoms with E-state index in [1.54, 1.807) is 0 Å². The average Bonchev–Trinajstić information content (AvgIpc) is 2.78. The van der Waals surface area contributed by atoms with Crippen molar-refractivity contribution in [3.8, 4) is 0 Å². The number of rotatable bonds is 4. The second-order valence-corrected chi connectivity index (χ2v) is 5.21. The van der Waals surface area contributed by atoms with E-state index < -0.39 is 0 Å². The van der Waals surface area contributed by atoms with Gasteiger partial charge in [0.25, 0.3) is 0 Å². The molecule has 0 saturated heterocycles. The molecule has 0 bridgehead atoms. The highest BCUT2D eigenvalue weighted by molar-refractivity contribution is 6.05. The van der Waals surface area contributed by atoms with Gasteiger partial charge in [0.1, 0.15) is 5.84 Å². The summed E-state index contributed by atoms with van der Waals surface area (Å²) in [5.74, 6) is 2.84. The summed E-state index contributed by atoms with van der Waals surface area (Å²) in [4.78, 5) is 9.25. The number of aliphatic imine (C=N–C) groups is 2. The van der Waals surface area contributed by atoms with E-state index in [0.29, 0.717) is 0 Å². The van der Waals surface area contributed by atoms with E-state index in [4.69, 9.17) is 4.99 Å². The summed E-state index contributed by atoms with van der Waals surface area (Å²) in [5.41, 5.74) is 1.39. The zero-order valence-corrected chi connectivity index (χ0v) is 10.7. The smallest absolute Gasteiger partial charge is 0.123 e. The van der Waals surface area contributed by atoms with E-state index in [1.165, 1.54) is 37.8 Å². The Morgan fingerprint density at radius 3 is 2.50 bits per heavy atom. The molecular formula is C14H24N2. The van der Waals surface area contributed by atoms with Gasteiger partial charge in [-0.2, -0.15) is 0 Å². The molecule has 0 spiro atoms. The maximum Gasteiger partial charge on any atom is 0.123 e. The van der Waals surface area contributed by atoms with Crippen molar-refractivity contribution >= 4 is 11.5 Å². The van der Waals surface area contributed by atoms with Gasteiger partial charge < -0.3 is 0 Å². The first kappa shape index (κ1) is 11.8. The number of hydrogen-bond donors (Lipinski definition) is 0. The lowest BCUT2D eigenvalue weighted by atomic mass is 9.79. The molecule has 1 heterocycles. The van der Waals surface area contributed by atoms with E-state index in [0.717, 1.165) is 37.1 Å². The molecular weight excluding hydrogens is 196 g/mol. The number of hydrogen-bond acceptors (Lipinski definition) is 2. The molecule has 16 heavy (non-hydrogen) atoms. The van der Waals surface area contributed by atoms with Gasteiger partial charge in [0, 0.05) is 12.1 Å². The first-order valence-corrected chi connectivity index (χ1v) is 6.94. The maximum atomic E-state index is 4.72. The Balaban J connectivity index is 1.85. The Kier molecular flexibility index (Phi) is 4.14. The van der Waals surface area contributed by atoms with Crippen molar-refractivity contribution in [1.82, 2.24) is 0 Å². The highest BCUT2D eigenvalue weighted by atomic mass is 15.0. The predicted molar refractivity (Wildman–Crippen MR) is 70.4 cm³/mol. The van der Waals surface area contributed by atoms with Crippen LogP contribution in [0.5, 0.6) is 0 Å². The average molecular weight is 220 g/mol. The molecule has 0 N–H and O–H groups in total. The molecule has 2 rings (SSSR count). The standard InChI is InChI=1S/C14H24N2/c1-3-5-14-15-10-13(16-14)12-8-6-11(4-2)7-9-12/h11-12H,3-10H2,1-2H3. The largest absolute Gasteiger partial charge is 0.264 e. The number of nitrogens with zero attached hydrogens (tertiary/aromatic N) is 2. The maximum absolute atomic E-state index is 4.72. The Morgan fingerprint density at radius 2 is 1.88 bits per heavy atom. The van der Waals surface area contributed by atoms with Crippen LogP contribution in [0.4, 0.5) is 0 Å². The molecule has 0 amide bonds. The zero-order chi connectivity index (χ0) is 11.4. The van der Waals surface area contributed by atoms with Gasteiger partial charge in [0.05, 0.1) is 6.54 Å². The van der Waals surface area contributed by atoms with Crippen LogP contribution in [0.2, 0.25) is 0 Å².